The van der Waals surface area contributed by atoms with Gasteiger partial charge in [0.1, 0.15) is 0 Å². The van der Waals surface area contributed by atoms with E-state index in [2.05, 4.69) is 11.2 Å². The molecule has 1 aliphatic heterocycles. The van der Waals surface area contributed by atoms with Crippen molar-refractivity contribution in [1.29, 1.82) is 0 Å². The largest absolute Gasteiger partial charge is 0.375 e. The van der Waals surface area contributed by atoms with Gasteiger partial charge in [0.15, 0.2) is 0 Å². The molecule has 1 aromatic carbocycles. The van der Waals surface area contributed by atoms with Crippen LogP contribution in [-0.4, -0.2) is 45.9 Å². The van der Waals surface area contributed by atoms with Gasteiger partial charge in [0.2, 0.25) is 5.91 Å². The van der Waals surface area contributed by atoms with Crippen LogP contribution < -0.4 is 0 Å². The van der Waals surface area contributed by atoms with Crippen LogP contribution in [0.25, 0.3) is 5.69 Å². The van der Waals surface area contributed by atoms with E-state index >= 15 is 0 Å². The molecular weight excluding hydrogens is 302 g/mol. The van der Waals surface area contributed by atoms with E-state index in [-0.39, 0.29) is 18.1 Å². The number of hydrogen-bond donors (Lipinski definition) is 0. The molecule has 1 saturated heterocycles. The predicted octanol–water partition coefficient (Wildman–Crippen LogP) is 2.67. The second kappa shape index (κ2) is 6.77. The van der Waals surface area contributed by atoms with Gasteiger partial charge in [-0.2, -0.15) is 5.10 Å². The van der Waals surface area contributed by atoms with Crippen LogP contribution in [0.15, 0.2) is 30.3 Å². The van der Waals surface area contributed by atoms with Gasteiger partial charge in [0.25, 0.3) is 0 Å². The normalized spacial score (nSPS) is 21.1. The van der Waals surface area contributed by atoms with Gasteiger partial charge in [0, 0.05) is 12.2 Å². The van der Waals surface area contributed by atoms with Crippen LogP contribution in [0.2, 0.25) is 0 Å². The number of morpholine rings is 1. The van der Waals surface area contributed by atoms with E-state index in [1.807, 2.05) is 61.5 Å². The number of nitrogens with zero attached hydrogens (tertiary/aromatic N) is 3. The van der Waals surface area contributed by atoms with Gasteiger partial charge in [-0.3, -0.25) is 4.79 Å². The first-order valence-electron chi connectivity index (χ1n) is 8.47. The number of aryl methyl sites for hydroxylation is 2. The number of amides is 1. The Kier molecular flexibility index (Phi) is 4.71. The minimum Gasteiger partial charge on any atom is -0.375 e. The summed E-state index contributed by atoms with van der Waals surface area (Å²) in [6.07, 6.45) is 0.535. The van der Waals surface area contributed by atoms with Crippen molar-refractivity contribution in [3.8, 4) is 5.69 Å². The predicted molar refractivity (Wildman–Crippen MR) is 93.3 cm³/mol. The lowest BCUT2D eigenvalue weighted by atomic mass is 10.1. The summed E-state index contributed by atoms with van der Waals surface area (Å²) < 4.78 is 7.52. The Morgan fingerprint density at radius 1 is 1.25 bits per heavy atom. The summed E-state index contributed by atoms with van der Waals surface area (Å²) >= 11 is 0. The van der Waals surface area contributed by atoms with Crippen LogP contribution in [0.1, 0.15) is 30.8 Å². The molecule has 5 heteroatoms. The molecular formula is C19H25N3O2. The molecule has 5 nitrogen and oxygen atoms in total. The maximum atomic E-state index is 12.6. The zero-order chi connectivity index (χ0) is 17.3. The number of benzene rings is 1. The van der Waals surface area contributed by atoms with Crippen LogP contribution in [0.4, 0.5) is 0 Å². The fraction of sp³-hybridized carbons (Fsp3) is 0.474. The van der Waals surface area contributed by atoms with Crippen molar-refractivity contribution in [3.63, 3.8) is 0 Å². The van der Waals surface area contributed by atoms with Crippen molar-refractivity contribution in [3.05, 3.63) is 47.3 Å². The summed E-state index contributed by atoms with van der Waals surface area (Å²) in [4.78, 5) is 14.5. The molecule has 0 spiro atoms. The van der Waals surface area contributed by atoms with Crippen molar-refractivity contribution in [2.45, 2.75) is 46.3 Å². The monoisotopic (exact) mass is 327 g/mol. The Bertz CT molecular complexity index is 721. The fourth-order valence-electron chi connectivity index (χ4n) is 3.17. The average Bonchev–Trinajstić information content (AvgIpc) is 2.89. The van der Waals surface area contributed by atoms with Crippen LogP contribution in [0.5, 0.6) is 0 Å². The molecule has 2 atom stereocenters. The quantitative estimate of drug-likeness (QED) is 0.871. The summed E-state index contributed by atoms with van der Waals surface area (Å²) in [7, 11) is 0. The zero-order valence-electron chi connectivity index (χ0n) is 14.8. The summed E-state index contributed by atoms with van der Waals surface area (Å²) in [5.74, 6) is 0.163. The third-order valence-electron chi connectivity index (χ3n) is 4.47. The van der Waals surface area contributed by atoms with Crippen LogP contribution >= 0.6 is 0 Å². The van der Waals surface area contributed by atoms with E-state index in [1.165, 1.54) is 0 Å². The molecule has 3 rings (SSSR count). The van der Waals surface area contributed by atoms with Crippen molar-refractivity contribution in [2.75, 3.05) is 13.2 Å². The number of rotatable bonds is 3. The number of carbonyl (C=O) groups is 1. The average molecular weight is 327 g/mol. The van der Waals surface area contributed by atoms with Crippen LogP contribution in [0.3, 0.4) is 0 Å². The molecule has 24 heavy (non-hydrogen) atoms. The van der Waals surface area contributed by atoms with Gasteiger partial charge in [-0.05, 0) is 51.5 Å². The topological polar surface area (TPSA) is 47.4 Å². The van der Waals surface area contributed by atoms with Crippen LogP contribution in [-0.2, 0) is 16.0 Å². The molecule has 128 valence electrons. The summed E-state index contributed by atoms with van der Waals surface area (Å²) in [5, 5.41) is 4.49. The van der Waals surface area contributed by atoms with Gasteiger partial charge in [-0.15, -0.1) is 0 Å². The van der Waals surface area contributed by atoms with Gasteiger partial charge < -0.3 is 9.64 Å². The van der Waals surface area contributed by atoms with E-state index in [4.69, 9.17) is 4.74 Å². The molecule has 1 fully saturated rings. The molecule has 0 aliphatic carbocycles. The third kappa shape index (κ3) is 3.51. The Labute approximate surface area is 143 Å². The number of carbonyl (C=O) groups excluding carboxylic acids is 1. The molecule has 2 unspecified atom stereocenters. The highest BCUT2D eigenvalue weighted by Gasteiger charge is 2.27. The van der Waals surface area contributed by atoms with Gasteiger partial charge in [-0.25, -0.2) is 4.68 Å². The number of aromatic nitrogens is 2. The maximum absolute atomic E-state index is 12.6. The van der Waals surface area contributed by atoms with E-state index in [9.17, 15) is 4.79 Å². The SMILES string of the molecule is Cc1cc(C)n(-c2ccc(CC(=O)N3CC(C)OCC3C)cc2)n1. The van der Waals surface area contributed by atoms with E-state index in [0.29, 0.717) is 19.6 Å². The maximum Gasteiger partial charge on any atom is 0.227 e. The van der Waals surface area contributed by atoms with Crippen molar-refractivity contribution < 1.29 is 9.53 Å². The smallest absolute Gasteiger partial charge is 0.227 e. The first-order valence-corrected chi connectivity index (χ1v) is 8.47. The van der Waals surface area contributed by atoms with E-state index < -0.39 is 0 Å². The molecule has 0 bridgehead atoms. The highest BCUT2D eigenvalue weighted by molar-refractivity contribution is 5.79. The Balaban J connectivity index is 1.70. The lowest BCUT2D eigenvalue weighted by Crippen LogP contribution is -2.50. The Hall–Kier alpha value is -2.14. The molecule has 1 amide bonds. The highest BCUT2D eigenvalue weighted by atomic mass is 16.5. The molecule has 1 aliphatic rings. The first-order chi connectivity index (χ1) is 11.4. The van der Waals surface area contributed by atoms with Crippen molar-refractivity contribution in [2.24, 2.45) is 0 Å². The zero-order valence-corrected chi connectivity index (χ0v) is 14.8. The standard InChI is InChI=1S/C19H25N3O2/c1-13-9-14(2)22(20-13)18-7-5-17(6-8-18)10-19(23)21-11-16(4)24-12-15(21)3/h5-9,15-16H,10-12H2,1-4H3. The molecule has 2 aromatic rings. The first kappa shape index (κ1) is 16.7. The third-order valence-corrected chi connectivity index (χ3v) is 4.47. The van der Waals surface area contributed by atoms with E-state index in [1.54, 1.807) is 0 Å². The summed E-state index contributed by atoms with van der Waals surface area (Å²) in [6.45, 7) is 9.36. The molecule has 0 N–H and O–H groups in total. The lowest BCUT2D eigenvalue weighted by molar-refractivity contribution is -0.142. The van der Waals surface area contributed by atoms with Gasteiger partial charge in [0.05, 0.1) is 36.6 Å². The lowest BCUT2D eigenvalue weighted by Gasteiger charge is -2.37. The van der Waals surface area contributed by atoms with Crippen molar-refractivity contribution >= 4 is 5.91 Å². The number of hydrogen-bond acceptors (Lipinski definition) is 3. The van der Waals surface area contributed by atoms with Crippen LogP contribution in [0, 0.1) is 13.8 Å². The van der Waals surface area contributed by atoms with E-state index in [0.717, 1.165) is 22.6 Å². The highest BCUT2D eigenvalue weighted by Crippen LogP contribution is 2.16. The minimum absolute atomic E-state index is 0.110. The molecule has 2 heterocycles. The number of ether oxygens (including phenoxy) is 1. The molecule has 0 radical (unpaired) electrons. The summed E-state index contributed by atoms with van der Waals surface area (Å²) in [5.41, 5.74) is 4.15. The fourth-order valence-corrected chi connectivity index (χ4v) is 3.17. The summed E-state index contributed by atoms with van der Waals surface area (Å²) in [6, 6.07) is 10.3. The Morgan fingerprint density at radius 3 is 2.58 bits per heavy atom. The Morgan fingerprint density at radius 2 is 1.96 bits per heavy atom. The second-order valence-electron chi connectivity index (χ2n) is 6.72. The minimum atomic E-state index is 0.110. The molecule has 1 aromatic heterocycles. The second-order valence-corrected chi connectivity index (χ2v) is 6.72. The van der Waals surface area contributed by atoms with Gasteiger partial charge in [-0.1, -0.05) is 12.1 Å². The van der Waals surface area contributed by atoms with Gasteiger partial charge >= 0.3 is 0 Å². The molecule has 0 saturated carbocycles. The van der Waals surface area contributed by atoms with Crippen molar-refractivity contribution in [1.82, 2.24) is 14.7 Å².